The Morgan fingerprint density at radius 1 is 0.954 bits per heavy atom. The number of carbonyl (C=O) groups excluding carboxylic acids is 1. The van der Waals surface area contributed by atoms with E-state index in [1.807, 2.05) is 49.5 Å². The third kappa shape index (κ3) is 12.2. The van der Waals surface area contributed by atoms with Crippen LogP contribution in [0, 0.1) is 5.92 Å². The maximum Gasteiger partial charge on any atom is 0.186 e. The predicted molar refractivity (Wildman–Crippen MR) is 257 cm³/mol. The van der Waals surface area contributed by atoms with Crippen molar-refractivity contribution in [3.63, 3.8) is 0 Å². The van der Waals surface area contributed by atoms with E-state index in [0.29, 0.717) is 66.7 Å². The monoisotopic (exact) mass is 920 g/mol. The van der Waals surface area contributed by atoms with E-state index in [1.165, 1.54) is 21.6 Å². The standard InChI is InChI=1S/C51H58N3O9S2/c1-51(60)28-54-30-62-50-44(27-64-65-29-51)37(12-14-48(50)63-31-55)22-42(38-18-33(25-52-2)19-40(56)21-38)47(59)24-46(58)39(17-32-15-16-53-26-32)20-36-11-13-45(57)49(61-3)43(36)23-35-9-6-8-34-7-4-5-10-41(34)35/h4-16,18-19,21,26,39,42,46,52,54-58,60H,17,20,22-25,27-31H2,1-3H3/q-1. The summed E-state index contributed by atoms with van der Waals surface area (Å²) >= 11 is 0. The van der Waals surface area contributed by atoms with Crippen LogP contribution in [0.3, 0.4) is 0 Å². The number of fused-ring (bicyclic) bond motifs is 2. The number of nitrogens with one attached hydrogen (secondary N) is 2. The van der Waals surface area contributed by atoms with Crippen molar-refractivity contribution in [1.82, 2.24) is 15.6 Å². The van der Waals surface area contributed by atoms with Gasteiger partial charge in [0.25, 0.3) is 0 Å². The summed E-state index contributed by atoms with van der Waals surface area (Å²) in [4.78, 5) is 19.4. The van der Waals surface area contributed by atoms with E-state index in [-0.39, 0.29) is 36.9 Å². The van der Waals surface area contributed by atoms with Crippen molar-refractivity contribution in [3.8, 4) is 28.7 Å². The highest BCUT2D eigenvalue weighted by atomic mass is 33.1. The number of ether oxygens (including phenoxy) is 3. The summed E-state index contributed by atoms with van der Waals surface area (Å²) in [6.07, 6.45) is 3.66. The zero-order valence-corrected chi connectivity index (χ0v) is 38.6. The van der Waals surface area contributed by atoms with E-state index in [9.17, 15) is 25.5 Å². The third-order valence-corrected chi connectivity index (χ3v) is 14.5. The number of rotatable bonds is 18. The number of hydrogen-bond donors (Lipinski definition) is 7. The smallest absolute Gasteiger partial charge is 0.186 e. The number of methoxy groups -OCH3 is 1. The number of hydrogen-bond acceptors (Lipinski definition) is 13. The number of carbonyl (C=O) groups is 1. The number of β-amino-alcohol motifs (C(OH)–C–C–N with tert-alkyl or cyclic N) is 1. The lowest BCUT2D eigenvalue weighted by molar-refractivity contribution is -0.123. The van der Waals surface area contributed by atoms with Crippen molar-refractivity contribution in [2.75, 3.05) is 40.0 Å². The number of aliphatic hydroxyl groups excluding tert-OH is 2. The van der Waals surface area contributed by atoms with Crippen LogP contribution in [0.15, 0.2) is 103 Å². The highest BCUT2D eigenvalue weighted by molar-refractivity contribution is 8.76. The van der Waals surface area contributed by atoms with Crippen LogP contribution in [0.25, 0.3) is 10.8 Å². The Hall–Kier alpha value is -5.19. The molecule has 1 aromatic heterocycles. The second-order valence-corrected chi connectivity index (χ2v) is 19.4. The molecule has 0 radical (unpaired) electrons. The van der Waals surface area contributed by atoms with Crippen molar-refractivity contribution >= 4 is 38.1 Å². The van der Waals surface area contributed by atoms with Crippen molar-refractivity contribution in [1.29, 1.82) is 0 Å². The molecule has 0 fully saturated rings. The molecule has 2 heterocycles. The maximum absolute atomic E-state index is 15.1. The molecule has 4 unspecified atom stereocenters. The molecule has 14 heteroatoms. The van der Waals surface area contributed by atoms with E-state index in [4.69, 9.17) is 14.2 Å². The number of Topliss-reactive ketones (excluding diaryl/α,β-unsaturated/α-hetero) is 1. The molecule has 7 N–H and O–H groups in total. The number of ketones is 1. The van der Waals surface area contributed by atoms with E-state index in [0.717, 1.165) is 49.7 Å². The minimum absolute atomic E-state index is 0.0160. The third-order valence-electron chi connectivity index (χ3n) is 12.0. The predicted octanol–water partition coefficient (Wildman–Crippen LogP) is 7.18. The zero-order chi connectivity index (χ0) is 45.9. The number of phenolic OH excluding ortho intramolecular Hbond substituents is 2. The largest absolute Gasteiger partial charge is 0.670 e. The van der Waals surface area contributed by atoms with E-state index in [1.54, 1.807) is 50.7 Å². The van der Waals surface area contributed by atoms with Gasteiger partial charge < -0.3 is 50.0 Å². The van der Waals surface area contributed by atoms with Gasteiger partial charge in [-0.3, -0.25) is 10.1 Å². The molecule has 0 aliphatic carbocycles. The number of benzene rings is 5. The Kier molecular flexibility index (Phi) is 16.4. The first-order valence-electron chi connectivity index (χ1n) is 21.7. The first-order chi connectivity index (χ1) is 31.5. The van der Waals surface area contributed by atoms with Gasteiger partial charge in [-0.15, -0.1) is 0 Å². The molecule has 1 aliphatic rings. The van der Waals surface area contributed by atoms with Crippen molar-refractivity contribution in [2.24, 2.45) is 5.92 Å². The number of aromatic hydroxyl groups is 2. The van der Waals surface area contributed by atoms with Crippen LogP contribution in [-0.4, -0.2) is 83.0 Å². The molecule has 0 saturated carbocycles. The average Bonchev–Trinajstić information content (AvgIpc) is 3.79. The SMILES string of the molecule is CNCc1cc(O)cc(C(Cc2ccc(OCO)c3c2CSSCC(C)(O)CNCO3)C(=O)CC(O)C(Cc2cc[n-]c2)Cc2ccc(O)c(OC)c2Cc2cccc3ccccc23)c1. The lowest BCUT2D eigenvalue weighted by Crippen LogP contribution is -2.41. The fraction of sp³-hybridized carbons (Fsp3) is 0.353. The number of aliphatic hydroxyl groups is 3. The van der Waals surface area contributed by atoms with Crippen LogP contribution in [0.4, 0.5) is 0 Å². The molecular formula is C51H58N3O9S2-. The fourth-order valence-corrected chi connectivity index (χ4v) is 11.3. The summed E-state index contributed by atoms with van der Waals surface area (Å²) in [5.74, 6) is 0.595. The number of phenols is 2. The molecule has 1 aliphatic heterocycles. The minimum Gasteiger partial charge on any atom is -0.670 e. The second-order valence-electron chi connectivity index (χ2n) is 16.9. The molecule has 4 atom stereocenters. The van der Waals surface area contributed by atoms with Crippen LogP contribution >= 0.6 is 21.6 Å². The molecule has 344 valence electrons. The quantitative estimate of drug-likeness (QED) is 0.0340. The molecule has 0 bridgehead atoms. The Balaban J connectivity index is 1.25. The Labute approximate surface area is 388 Å². The Morgan fingerprint density at radius 3 is 2.55 bits per heavy atom. The summed E-state index contributed by atoms with van der Waals surface area (Å²) in [7, 11) is 6.42. The molecule has 0 spiro atoms. The van der Waals surface area contributed by atoms with Crippen LogP contribution < -0.4 is 29.8 Å². The van der Waals surface area contributed by atoms with Crippen molar-refractivity contribution in [2.45, 2.75) is 68.9 Å². The van der Waals surface area contributed by atoms with E-state index < -0.39 is 30.3 Å². The van der Waals surface area contributed by atoms with Gasteiger partial charge in [-0.2, -0.15) is 12.4 Å². The summed E-state index contributed by atoms with van der Waals surface area (Å²) in [6.45, 7) is 2.01. The summed E-state index contributed by atoms with van der Waals surface area (Å²) in [5, 5.41) is 63.6. The Bertz CT molecular complexity index is 2530. The van der Waals surface area contributed by atoms with Crippen molar-refractivity contribution in [3.05, 3.63) is 148 Å². The van der Waals surface area contributed by atoms with Gasteiger partial charge in [-0.25, -0.2) is 0 Å². The van der Waals surface area contributed by atoms with Gasteiger partial charge in [0.2, 0.25) is 0 Å². The van der Waals surface area contributed by atoms with Gasteiger partial charge in [0.15, 0.2) is 29.8 Å². The van der Waals surface area contributed by atoms with Crippen LogP contribution in [-0.2, 0) is 42.8 Å². The summed E-state index contributed by atoms with van der Waals surface area (Å²) < 4.78 is 17.7. The summed E-state index contributed by atoms with van der Waals surface area (Å²) in [5.41, 5.74) is 5.64. The molecule has 5 aromatic carbocycles. The number of nitrogens with zero attached hydrogens (tertiary/aromatic N) is 1. The molecule has 0 saturated heterocycles. The molecule has 65 heavy (non-hydrogen) atoms. The van der Waals surface area contributed by atoms with Crippen LogP contribution in [0.5, 0.6) is 28.7 Å². The van der Waals surface area contributed by atoms with Crippen LogP contribution in [0.1, 0.15) is 63.8 Å². The van der Waals surface area contributed by atoms with Gasteiger partial charge in [0.1, 0.15) is 18.3 Å². The van der Waals surface area contributed by atoms with Gasteiger partial charge in [0, 0.05) is 54.5 Å². The number of aromatic nitrogens is 1. The van der Waals surface area contributed by atoms with Gasteiger partial charge in [-0.1, -0.05) is 93.9 Å². The van der Waals surface area contributed by atoms with Crippen molar-refractivity contribution < 1.29 is 44.5 Å². The highest BCUT2D eigenvalue weighted by Gasteiger charge is 2.32. The zero-order valence-electron chi connectivity index (χ0n) is 37.0. The molecule has 0 amide bonds. The topological polar surface area (TPSA) is 184 Å². The summed E-state index contributed by atoms with van der Waals surface area (Å²) in [6, 6.07) is 28.5. The second kappa shape index (κ2) is 22.3. The lowest BCUT2D eigenvalue weighted by atomic mass is 9.80. The molecule has 12 nitrogen and oxygen atoms in total. The first-order valence-corrected chi connectivity index (χ1v) is 24.2. The fourth-order valence-electron chi connectivity index (χ4n) is 8.74. The first kappa shape index (κ1) is 47.8. The molecule has 7 rings (SSSR count). The van der Waals surface area contributed by atoms with Gasteiger partial charge >= 0.3 is 0 Å². The average molecular weight is 921 g/mol. The maximum atomic E-state index is 15.1. The normalized spacial score (nSPS) is 17.0. The van der Waals surface area contributed by atoms with Gasteiger partial charge in [-0.05, 0) is 102 Å². The molecular weight excluding hydrogens is 863 g/mol. The Morgan fingerprint density at radius 2 is 1.77 bits per heavy atom. The highest BCUT2D eigenvalue weighted by Crippen LogP contribution is 2.43. The van der Waals surface area contributed by atoms with E-state index in [2.05, 4.69) is 39.9 Å². The lowest BCUT2D eigenvalue weighted by Gasteiger charge is -2.27. The molecule has 6 aromatic rings. The van der Waals surface area contributed by atoms with Crippen LogP contribution in [0.2, 0.25) is 0 Å². The van der Waals surface area contributed by atoms with E-state index >= 15 is 4.79 Å². The minimum atomic E-state index is -1.11. The van der Waals surface area contributed by atoms with Gasteiger partial charge in [0.05, 0.1) is 18.8 Å².